The molecule has 0 aliphatic rings. The highest BCUT2D eigenvalue weighted by Gasteiger charge is 1.64. The molecule has 0 bridgehead atoms. The van der Waals surface area contributed by atoms with E-state index in [0.29, 0.717) is 5.57 Å². The molecule has 0 atom stereocenters. The van der Waals surface area contributed by atoms with Crippen molar-refractivity contribution in [3.8, 4) is 12.1 Å². The van der Waals surface area contributed by atoms with Gasteiger partial charge in [0.1, 0.15) is 0 Å². The lowest BCUT2D eigenvalue weighted by Crippen LogP contribution is -1.51. The van der Waals surface area contributed by atoms with Crippen molar-refractivity contribution in [3.05, 3.63) is 35.9 Å². The molecule has 0 saturated carbocycles. The van der Waals surface area contributed by atoms with Crippen LogP contribution in [0.5, 0.6) is 0 Å². The van der Waals surface area contributed by atoms with Crippen molar-refractivity contribution in [1.29, 1.82) is 10.5 Å². The molecular formula is C9H10Cl2N2. The van der Waals surface area contributed by atoms with Crippen molar-refractivity contribution in [3.63, 3.8) is 0 Å². The average Bonchev–Trinajstić information content (AvgIpc) is 2.04. The Balaban J connectivity index is -0.000000117. The molecular weight excluding hydrogens is 207 g/mol. The lowest BCUT2D eigenvalue weighted by molar-refractivity contribution is 1.46. The van der Waals surface area contributed by atoms with Gasteiger partial charge in [0.2, 0.25) is 0 Å². The number of allylic oxidation sites excluding steroid dienone is 2. The van der Waals surface area contributed by atoms with E-state index in [9.17, 15) is 0 Å². The third-order valence-corrected chi connectivity index (χ3v) is 0.282. The summed E-state index contributed by atoms with van der Waals surface area (Å²) >= 11 is 9.69. The highest BCUT2D eigenvalue weighted by molar-refractivity contribution is 6.55. The summed E-state index contributed by atoms with van der Waals surface area (Å²) < 4.78 is 0.111. The fourth-order valence-electron chi connectivity index (χ4n) is 0. The number of nitriles is 2. The summed E-state index contributed by atoms with van der Waals surface area (Å²) in [5.41, 5.74) is 0.560. The summed E-state index contributed by atoms with van der Waals surface area (Å²) in [7, 11) is 0. The minimum atomic E-state index is 0.111. The number of hydrogen-bond donors (Lipinski definition) is 0. The van der Waals surface area contributed by atoms with Crippen LogP contribution >= 0.6 is 23.2 Å². The first-order chi connectivity index (χ1) is 5.92. The molecule has 0 aliphatic heterocycles. The first-order valence-corrected chi connectivity index (χ1v) is 3.74. The standard InChI is InChI=1S/C4H5N.C3H3N.C2H2Cl2/c1-4(2)3-5;1-2-3-4;1-2(3)4/h1H2,2H3;2H,1H2;1H2. The highest BCUT2D eigenvalue weighted by Crippen LogP contribution is 1.98. The van der Waals surface area contributed by atoms with E-state index < -0.39 is 0 Å². The molecule has 0 aromatic rings. The molecule has 0 aliphatic carbocycles. The highest BCUT2D eigenvalue weighted by atomic mass is 35.5. The second-order valence-corrected chi connectivity index (χ2v) is 2.67. The van der Waals surface area contributed by atoms with E-state index in [2.05, 4.69) is 19.7 Å². The Morgan fingerprint density at radius 3 is 1.46 bits per heavy atom. The van der Waals surface area contributed by atoms with Crippen molar-refractivity contribution in [1.82, 2.24) is 0 Å². The largest absolute Gasteiger partial charge is 0.193 e. The molecule has 0 saturated heterocycles. The van der Waals surface area contributed by atoms with Crippen molar-refractivity contribution in [2.45, 2.75) is 6.92 Å². The first kappa shape index (κ1) is 17.8. The van der Waals surface area contributed by atoms with E-state index in [1.165, 1.54) is 6.08 Å². The van der Waals surface area contributed by atoms with Gasteiger partial charge in [-0.25, -0.2) is 0 Å². The van der Waals surface area contributed by atoms with Crippen LogP contribution in [0.4, 0.5) is 0 Å². The molecule has 0 unspecified atom stereocenters. The predicted molar refractivity (Wildman–Crippen MR) is 57.1 cm³/mol. The van der Waals surface area contributed by atoms with Gasteiger partial charge in [-0.2, -0.15) is 10.5 Å². The van der Waals surface area contributed by atoms with Gasteiger partial charge < -0.3 is 0 Å². The smallest absolute Gasteiger partial charge is 0.0992 e. The van der Waals surface area contributed by atoms with Gasteiger partial charge in [0.05, 0.1) is 16.6 Å². The molecule has 0 aromatic heterocycles. The van der Waals surface area contributed by atoms with E-state index in [1.807, 2.05) is 6.07 Å². The minimum Gasteiger partial charge on any atom is -0.193 e. The third kappa shape index (κ3) is 262. The topological polar surface area (TPSA) is 47.6 Å². The first-order valence-electron chi connectivity index (χ1n) is 2.98. The summed E-state index contributed by atoms with van der Waals surface area (Å²) in [4.78, 5) is 0. The van der Waals surface area contributed by atoms with E-state index >= 15 is 0 Å². The molecule has 4 heteroatoms. The second-order valence-electron chi connectivity index (χ2n) is 1.56. The van der Waals surface area contributed by atoms with Gasteiger partial charge in [0, 0.05) is 11.6 Å². The summed E-state index contributed by atoms with van der Waals surface area (Å²) in [6.07, 6.45) is 1.18. The van der Waals surface area contributed by atoms with Crippen molar-refractivity contribution < 1.29 is 0 Å². The summed E-state index contributed by atoms with van der Waals surface area (Å²) in [6, 6.07) is 3.53. The van der Waals surface area contributed by atoms with E-state index in [1.54, 1.807) is 13.0 Å². The number of hydrogen-bond acceptors (Lipinski definition) is 2. The lowest BCUT2D eigenvalue weighted by Gasteiger charge is -1.61. The fourth-order valence-corrected chi connectivity index (χ4v) is 0. The Labute approximate surface area is 89.0 Å². The number of nitrogens with zero attached hydrogens (tertiary/aromatic N) is 2. The zero-order valence-corrected chi connectivity index (χ0v) is 8.86. The normalized spacial score (nSPS) is 5.31. The van der Waals surface area contributed by atoms with Gasteiger partial charge in [0.15, 0.2) is 0 Å². The second kappa shape index (κ2) is 17.0. The molecule has 13 heavy (non-hydrogen) atoms. The molecule has 0 aromatic carbocycles. The van der Waals surface area contributed by atoms with Gasteiger partial charge in [-0.3, -0.25) is 0 Å². The predicted octanol–water partition coefficient (Wildman–Crippen LogP) is 3.72. The third-order valence-electron chi connectivity index (χ3n) is 0.282. The van der Waals surface area contributed by atoms with Crippen LogP contribution in [-0.4, -0.2) is 0 Å². The zero-order valence-electron chi connectivity index (χ0n) is 7.35. The number of halogens is 2. The van der Waals surface area contributed by atoms with Crippen molar-refractivity contribution in [2.75, 3.05) is 0 Å². The van der Waals surface area contributed by atoms with E-state index in [-0.39, 0.29) is 4.49 Å². The van der Waals surface area contributed by atoms with Gasteiger partial charge in [-0.15, -0.1) is 0 Å². The van der Waals surface area contributed by atoms with Crippen LogP contribution in [0, 0.1) is 22.7 Å². The Bertz CT molecular complexity index is 239. The van der Waals surface area contributed by atoms with Crippen LogP contribution in [0.1, 0.15) is 6.92 Å². The maximum absolute atomic E-state index is 7.79. The summed E-state index contributed by atoms with van der Waals surface area (Å²) in [6.45, 7) is 11.2. The number of rotatable bonds is 0. The average molecular weight is 217 g/mol. The van der Waals surface area contributed by atoms with Crippen LogP contribution in [-0.2, 0) is 0 Å². The fraction of sp³-hybridized carbons (Fsp3) is 0.111. The monoisotopic (exact) mass is 216 g/mol. The summed E-state index contributed by atoms with van der Waals surface area (Å²) in [5.74, 6) is 0. The van der Waals surface area contributed by atoms with Crippen LogP contribution < -0.4 is 0 Å². The molecule has 0 fully saturated rings. The molecule has 0 radical (unpaired) electrons. The summed E-state index contributed by atoms with van der Waals surface area (Å²) in [5, 5.41) is 15.3. The van der Waals surface area contributed by atoms with Gasteiger partial charge >= 0.3 is 0 Å². The maximum atomic E-state index is 7.79. The molecule has 70 valence electrons. The SMILES string of the molecule is C=C(C)C#N.C=C(Cl)Cl.C=CC#N. The van der Waals surface area contributed by atoms with Gasteiger partial charge in [-0.05, 0) is 6.92 Å². The van der Waals surface area contributed by atoms with Crippen molar-refractivity contribution >= 4 is 23.2 Å². The van der Waals surface area contributed by atoms with Crippen LogP contribution in [0.25, 0.3) is 0 Å². The van der Waals surface area contributed by atoms with Crippen LogP contribution in [0.15, 0.2) is 35.9 Å². The molecule has 0 rings (SSSR count). The van der Waals surface area contributed by atoms with Crippen LogP contribution in [0.3, 0.4) is 0 Å². The Morgan fingerprint density at radius 2 is 1.46 bits per heavy atom. The van der Waals surface area contributed by atoms with Crippen molar-refractivity contribution in [2.24, 2.45) is 0 Å². The Kier molecular flexibility index (Phi) is 23.3. The molecule has 0 heterocycles. The molecule has 0 N–H and O–H groups in total. The quantitative estimate of drug-likeness (QED) is 0.580. The molecule has 0 spiro atoms. The lowest BCUT2D eigenvalue weighted by atomic mass is 10.4. The minimum absolute atomic E-state index is 0.111. The molecule has 0 amide bonds. The van der Waals surface area contributed by atoms with Crippen LogP contribution in [0.2, 0.25) is 0 Å². The molecule has 2 nitrogen and oxygen atoms in total. The maximum Gasteiger partial charge on any atom is 0.0992 e. The van der Waals surface area contributed by atoms with E-state index in [4.69, 9.17) is 33.7 Å². The Hall–Kier alpha value is -1.22. The van der Waals surface area contributed by atoms with Gasteiger partial charge in [-0.1, -0.05) is 42.9 Å². The zero-order chi connectivity index (χ0) is 11.3. The van der Waals surface area contributed by atoms with E-state index in [0.717, 1.165) is 0 Å². The van der Waals surface area contributed by atoms with Gasteiger partial charge in [0.25, 0.3) is 0 Å². The Morgan fingerprint density at radius 1 is 1.31 bits per heavy atom.